The first-order valence-corrected chi connectivity index (χ1v) is 10.5. The molecule has 2 amide bonds. The van der Waals surface area contributed by atoms with Crippen molar-refractivity contribution in [3.8, 4) is 0 Å². The third-order valence-corrected chi connectivity index (χ3v) is 5.93. The lowest BCUT2D eigenvalue weighted by Crippen LogP contribution is -2.38. The Balaban J connectivity index is 1.53. The number of hydrogen-bond acceptors (Lipinski definition) is 2. The normalized spacial score (nSPS) is 14.8. The Morgan fingerprint density at radius 1 is 0.767 bits per heavy atom. The molecule has 4 heteroatoms. The highest BCUT2D eigenvalue weighted by molar-refractivity contribution is 6.06. The van der Waals surface area contributed by atoms with Crippen molar-refractivity contribution in [3.63, 3.8) is 0 Å². The number of carbonyl (C=O) groups is 2. The molecule has 0 radical (unpaired) electrons. The molecule has 152 valence electrons. The molecule has 1 saturated carbocycles. The van der Waals surface area contributed by atoms with Crippen LogP contribution in [0.1, 0.15) is 47.2 Å². The van der Waals surface area contributed by atoms with E-state index in [0.717, 1.165) is 36.8 Å². The molecule has 0 aromatic heterocycles. The average molecular weight is 399 g/mol. The zero-order chi connectivity index (χ0) is 20.8. The first kappa shape index (κ1) is 19.9. The minimum absolute atomic E-state index is 0.0329. The maximum absolute atomic E-state index is 13.4. The van der Waals surface area contributed by atoms with Crippen molar-refractivity contribution in [2.45, 2.75) is 37.6 Å². The van der Waals surface area contributed by atoms with Crippen LogP contribution in [-0.2, 0) is 16.8 Å². The number of amides is 2. The first-order valence-electron chi connectivity index (χ1n) is 10.5. The van der Waals surface area contributed by atoms with Crippen LogP contribution in [0.15, 0.2) is 84.9 Å². The molecule has 4 rings (SSSR count). The van der Waals surface area contributed by atoms with Gasteiger partial charge in [0.05, 0.1) is 16.7 Å². The molecular formula is C26H26N2O2. The van der Waals surface area contributed by atoms with Gasteiger partial charge in [-0.3, -0.25) is 9.59 Å². The maximum Gasteiger partial charge on any atom is 0.253 e. The third kappa shape index (κ3) is 4.13. The van der Waals surface area contributed by atoms with Crippen molar-refractivity contribution in [1.82, 2.24) is 5.32 Å². The van der Waals surface area contributed by atoms with Gasteiger partial charge in [0.2, 0.25) is 5.91 Å². The number of benzene rings is 3. The highest BCUT2D eigenvalue weighted by atomic mass is 16.2. The summed E-state index contributed by atoms with van der Waals surface area (Å²) in [5, 5.41) is 6.02. The van der Waals surface area contributed by atoms with Gasteiger partial charge in [0.25, 0.3) is 5.91 Å². The fraction of sp³-hybridized carbons (Fsp3) is 0.231. The predicted molar refractivity (Wildman–Crippen MR) is 119 cm³/mol. The van der Waals surface area contributed by atoms with Crippen LogP contribution in [0.4, 0.5) is 5.69 Å². The molecule has 30 heavy (non-hydrogen) atoms. The lowest BCUT2D eigenvalue weighted by atomic mass is 9.78. The van der Waals surface area contributed by atoms with E-state index in [1.54, 1.807) is 12.1 Å². The molecule has 0 atom stereocenters. The summed E-state index contributed by atoms with van der Waals surface area (Å²) in [6, 6.07) is 27.0. The van der Waals surface area contributed by atoms with Crippen molar-refractivity contribution in [3.05, 3.63) is 102 Å². The number of hydrogen-bond donors (Lipinski definition) is 2. The standard InChI is InChI=1S/C26H26N2O2/c29-24(27-19-20-11-3-1-4-12-20)22-15-7-8-16-23(22)28-25(30)26(17-9-10-18-26)21-13-5-2-6-14-21/h1-8,11-16H,9-10,17-19H2,(H,27,29)(H,28,30). The highest BCUT2D eigenvalue weighted by Crippen LogP contribution is 2.42. The van der Waals surface area contributed by atoms with Crippen LogP contribution in [0.3, 0.4) is 0 Å². The van der Waals surface area contributed by atoms with E-state index in [0.29, 0.717) is 17.8 Å². The van der Waals surface area contributed by atoms with Crippen LogP contribution in [-0.4, -0.2) is 11.8 Å². The topological polar surface area (TPSA) is 58.2 Å². The SMILES string of the molecule is O=C(NCc1ccccc1)c1ccccc1NC(=O)C1(c2ccccc2)CCCC1. The molecule has 2 N–H and O–H groups in total. The Labute approximate surface area is 177 Å². The van der Waals surface area contributed by atoms with Gasteiger partial charge in [-0.25, -0.2) is 0 Å². The molecule has 0 spiro atoms. The number of carbonyl (C=O) groups excluding carboxylic acids is 2. The van der Waals surface area contributed by atoms with Gasteiger partial charge in [-0.15, -0.1) is 0 Å². The van der Waals surface area contributed by atoms with Gasteiger partial charge < -0.3 is 10.6 Å². The molecule has 3 aromatic rings. The third-order valence-electron chi connectivity index (χ3n) is 5.93. The molecule has 0 bridgehead atoms. The molecule has 0 heterocycles. The van der Waals surface area contributed by atoms with E-state index in [4.69, 9.17) is 0 Å². The quantitative estimate of drug-likeness (QED) is 0.609. The molecule has 1 fully saturated rings. The van der Waals surface area contributed by atoms with E-state index in [1.165, 1.54) is 0 Å². The molecule has 4 nitrogen and oxygen atoms in total. The number of para-hydroxylation sites is 1. The summed E-state index contributed by atoms with van der Waals surface area (Å²) in [4.78, 5) is 26.3. The lowest BCUT2D eigenvalue weighted by molar-refractivity contribution is -0.121. The summed E-state index contributed by atoms with van der Waals surface area (Å²) in [7, 11) is 0. The molecule has 0 aliphatic heterocycles. The second-order valence-electron chi connectivity index (χ2n) is 7.82. The molecule has 1 aliphatic rings. The zero-order valence-corrected chi connectivity index (χ0v) is 16.9. The number of nitrogens with one attached hydrogen (secondary N) is 2. The van der Waals surface area contributed by atoms with E-state index in [9.17, 15) is 9.59 Å². The Bertz CT molecular complexity index is 1010. The smallest absolute Gasteiger partial charge is 0.253 e. The monoisotopic (exact) mass is 398 g/mol. The summed E-state index contributed by atoms with van der Waals surface area (Å²) in [5.74, 6) is -0.232. The van der Waals surface area contributed by atoms with Gasteiger partial charge in [-0.2, -0.15) is 0 Å². The Morgan fingerprint density at radius 2 is 1.37 bits per heavy atom. The van der Waals surface area contributed by atoms with Crippen LogP contribution in [0.2, 0.25) is 0 Å². The van der Waals surface area contributed by atoms with Crippen molar-refractivity contribution >= 4 is 17.5 Å². The zero-order valence-electron chi connectivity index (χ0n) is 16.9. The van der Waals surface area contributed by atoms with Crippen LogP contribution in [0.5, 0.6) is 0 Å². The van der Waals surface area contributed by atoms with Crippen LogP contribution in [0, 0.1) is 0 Å². The van der Waals surface area contributed by atoms with Gasteiger partial charge in [-0.1, -0.05) is 85.6 Å². The average Bonchev–Trinajstić information content (AvgIpc) is 3.31. The van der Waals surface area contributed by atoms with Crippen LogP contribution in [0.25, 0.3) is 0 Å². The van der Waals surface area contributed by atoms with Crippen molar-refractivity contribution in [2.75, 3.05) is 5.32 Å². The summed E-state index contributed by atoms with van der Waals surface area (Å²) >= 11 is 0. The second-order valence-corrected chi connectivity index (χ2v) is 7.82. The molecular weight excluding hydrogens is 372 g/mol. The van der Waals surface area contributed by atoms with Crippen molar-refractivity contribution < 1.29 is 9.59 Å². The van der Waals surface area contributed by atoms with Gasteiger partial charge in [0.1, 0.15) is 0 Å². The Morgan fingerprint density at radius 3 is 2.07 bits per heavy atom. The van der Waals surface area contributed by atoms with Gasteiger partial charge in [0.15, 0.2) is 0 Å². The fourth-order valence-corrected chi connectivity index (χ4v) is 4.29. The van der Waals surface area contributed by atoms with E-state index in [1.807, 2.05) is 72.8 Å². The first-order chi connectivity index (χ1) is 14.7. The Kier molecular flexibility index (Phi) is 5.94. The summed E-state index contributed by atoms with van der Waals surface area (Å²) < 4.78 is 0. The molecule has 1 aliphatic carbocycles. The van der Waals surface area contributed by atoms with Crippen molar-refractivity contribution in [1.29, 1.82) is 0 Å². The molecule has 3 aromatic carbocycles. The van der Waals surface area contributed by atoms with Gasteiger partial charge in [-0.05, 0) is 36.1 Å². The second kappa shape index (κ2) is 8.95. The van der Waals surface area contributed by atoms with E-state index in [2.05, 4.69) is 10.6 Å². The van der Waals surface area contributed by atoms with Crippen molar-refractivity contribution in [2.24, 2.45) is 0 Å². The summed E-state index contributed by atoms with van der Waals surface area (Å²) in [6.45, 7) is 0.440. The van der Waals surface area contributed by atoms with Crippen LogP contribution >= 0.6 is 0 Å². The van der Waals surface area contributed by atoms with E-state index >= 15 is 0 Å². The Hall–Kier alpha value is -3.40. The maximum atomic E-state index is 13.4. The summed E-state index contributed by atoms with van der Waals surface area (Å²) in [5.41, 5.74) is 2.57. The van der Waals surface area contributed by atoms with E-state index < -0.39 is 5.41 Å². The minimum Gasteiger partial charge on any atom is -0.348 e. The summed E-state index contributed by atoms with van der Waals surface area (Å²) in [6.07, 6.45) is 3.71. The number of rotatable bonds is 6. The largest absolute Gasteiger partial charge is 0.348 e. The molecule has 0 unspecified atom stereocenters. The predicted octanol–water partition coefficient (Wildman–Crippen LogP) is 5.07. The van der Waals surface area contributed by atoms with E-state index in [-0.39, 0.29) is 11.8 Å². The molecule has 0 saturated heterocycles. The van der Waals surface area contributed by atoms with Crippen LogP contribution < -0.4 is 10.6 Å². The highest BCUT2D eigenvalue weighted by Gasteiger charge is 2.42. The minimum atomic E-state index is -0.533. The lowest BCUT2D eigenvalue weighted by Gasteiger charge is -2.28. The van der Waals surface area contributed by atoms with Gasteiger partial charge in [0, 0.05) is 6.54 Å². The van der Waals surface area contributed by atoms with Gasteiger partial charge >= 0.3 is 0 Å². The fourth-order valence-electron chi connectivity index (χ4n) is 4.29. The number of anilines is 1.